The van der Waals surface area contributed by atoms with Crippen molar-refractivity contribution in [2.75, 3.05) is 7.11 Å². The Morgan fingerprint density at radius 3 is 2.67 bits per heavy atom. The van der Waals surface area contributed by atoms with E-state index < -0.39 is 11.8 Å². The van der Waals surface area contributed by atoms with Crippen LogP contribution in [-0.4, -0.2) is 13.1 Å². The van der Waals surface area contributed by atoms with Gasteiger partial charge in [-0.1, -0.05) is 6.07 Å². The van der Waals surface area contributed by atoms with Crippen LogP contribution in [0, 0.1) is 12.7 Å². The van der Waals surface area contributed by atoms with E-state index in [2.05, 4.69) is 4.74 Å². The fourth-order valence-corrected chi connectivity index (χ4v) is 0.838. The third-order valence-corrected chi connectivity index (χ3v) is 1.59. The fraction of sp³-hybridized carbons (Fsp3) is 0.222. The molecule has 12 heavy (non-hydrogen) atoms. The summed E-state index contributed by atoms with van der Waals surface area (Å²) in [5.41, 5.74) is 0.753. The van der Waals surface area contributed by atoms with Crippen molar-refractivity contribution in [3.63, 3.8) is 0 Å². The van der Waals surface area contributed by atoms with Crippen molar-refractivity contribution in [2.24, 2.45) is 0 Å². The van der Waals surface area contributed by atoms with Crippen molar-refractivity contribution in [1.29, 1.82) is 0 Å². The van der Waals surface area contributed by atoms with E-state index >= 15 is 0 Å². The van der Waals surface area contributed by atoms with Gasteiger partial charge in [-0.25, -0.2) is 9.18 Å². The molecule has 0 aromatic heterocycles. The number of rotatable bonds is 1. The smallest absolute Gasteiger partial charge is 0.337 e. The molecule has 0 N–H and O–H groups in total. The first kappa shape index (κ1) is 8.71. The quantitative estimate of drug-likeness (QED) is 0.597. The molecule has 0 atom stereocenters. The number of halogens is 1. The van der Waals surface area contributed by atoms with Crippen molar-refractivity contribution in [3.8, 4) is 0 Å². The van der Waals surface area contributed by atoms with Gasteiger partial charge in [0.2, 0.25) is 0 Å². The lowest BCUT2D eigenvalue weighted by molar-refractivity contribution is 0.0600. The number of benzene rings is 1. The van der Waals surface area contributed by atoms with Gasteiger partial charge in [-0.15, -0.1) is 0 Å². The Morgan fingerprint density at radius 2 is 2.17 bits per heavy atom. The molecule has 0 saturated carbocycles. The zero-order valence-electron chi connectivity index (χ0n) is 6.93. The molecule has 0 bridgehead atoms. The summed E-state index contributed by atoms with van der Waals surface area (Å²) in [4.78, 5) is 10.9. The maximum atomic E-state index is 12.9. The number of hydrogen-bond donors (Lipinski definition) is 0. The number of carbonyl (C=O) groups is 1. The minimum absolute atomic E-state index is 0.237. The maximum absolute atomic E-state index is 12.9. The molecule has 0 spiro atoms. The molecule has 1 aromatic rings. The molecule has 2 nitrogen and oxygen atoms in total. The molecule has 0 aliphatic heterocycles. The summed E-state index contributed by atoms with van der Waals surface area (Å²) in [7, 11) is 1.26. The Morgan fingerprint density at radius 1 is 1.50 bits per heavy atom. The van der Waals surface area contributed by atoms with Gasteiger partial charge in [0.05, 0.1) is 12.7 Å². The number of ether oxygens (including phenoxy) is 1. The molecule has 0 aliphatic rings. The van der Waals surface area contributed by atoms with E-state index in [9.17, 15) is 9.18 Å². The van der Waals surface area contributed by atoms with Crippen molar-refractivity contribution in [1.82, 2.24) is 0 Å². The lowest BCUT2D eigenvalue weighted by Crippen LogP contribution is -2.01. The van der Waals surface area contributed by atoms with E-state index in [0.717, 1.165) is 0 Å². The van der Waals surface area contributed by atoms with Crippen LogP contribution in [0.25, 0.3) is 0 Å². The van der Waals surface area contributed by atoms with Crippen LogP contribution in [0.2, 0.25) is 0 Å². The van der Waals surface area contributed by atoms with Crippen LogP contribution >= 0.6 is 0 Å². The molecule has 0 aliphatic carbocycles. The summed E-state index contributed by atoms with van der Waals surface area (Å²) in [5.74, 6) is -0.910. The first-order valence-corrected chi connectivity index (χ1v) is 3.49. The molecular formula is C9H9FO2. The zero-order chi connectivity index (χ0) is 9.14. The Labute approximate surface area is 70.0 Å². The normalized spacial score (nSPS) is 9.58. The van der Waals surface area contributed by atoms with Crippen LogP contribution in [0.1, 0.15) is 15.9 Å². The Kier molecular flexibility index (Phi) is 2.43. The van der Waals surface area contributed by atoms with Crippen LogP contribution < -0.4 is 0 Å². The second-order valence-corrected chi connectivity index (χ2v) is 2.46. The Hall–Kier alpha value is -1.38. The number of hydrogen-bond acceptors (Lipinski definition) is 2. The first-order chi connectivity index (χ1) is 5.65. The van der Waals surface area contributed by atoms with Crippen molar-refractivity contribution < 1.29 is 13.9 Å². The number of carbonyl (C=O) groups excluding carboxylic acids is 1. The summed E-state index contributed by atoms with van der Waals surface area (Å²) in [6.07, 6.45) is 0. The highest BCUT2D eigenvalue weighted by Crippen LogP contribution is 2.09. The van der Waals surface area contributed by atoms with Crippen molar-refractivity contribution in [2.45, 2.75) is 6.92 Å². The first-order valence-electron chi connectivity index (χ1n) is 3.49. The van der Waals surface area contributed by atoms with Crippen LogP contribution in [-0.2, 0) is 4.74 Å². The number of esters is 1. The summed E-state index contributed by atoms with van der Waals surface area (Å²) in [6.45, 7) is 1.64. The highest BCUT2D eigenvalue weighted by Gasteiger charge is 2.06. The van der Waals surface area contributed by atoms with Crippen LogP contribution in [0.15, 0.2) is 18.2 Å². The summed E-state index contributed by atoms with van der Waals surface area (Å²) in [6, 6.07) is 4.24. The average molecular weight is 167 g/mol. The van der Waals surface area contributed by atoms with E-state index in [1.165, 1.54) is 19.2 Å². The SMILES string of the molecule is COC(=O)c1ccc(C)c([18F])c1. The average Bonchev–Trinajstić information content (AvgIpc) is 2.08. The molecular weight excluding hydrogens is 158 g/mol. The van der Waals surface area contributed by atoms with Crippen LogP contribution in [0.3, 0.4) is 0 Å². The summed E-state index contributed by atoms with van der Waals surface area (Å²) < 4.78 is 17.3. The van der Waals surface area contributed by atoms with Crippen molar-refractivity contribution in [3.05, 3.63) is 35.1 Å². The van der Waals surface area contributed by atoms with E-state index in [-0.39, 0.29) is 5.56 Å². The lowest BCUT2D eigenvalue weighted by atomic mass is 10.1. The Balaban J connectivity index is 3.05. The van der Waals surface area contributed by atoms with E-state index in [0.29, 0.717) is 5.56 Å². The van der Waals surface area contributed by atoms with E-state index in [4.69, 9.17) is 0 Å². The third kappa shape index (κ3) is 1.61. The molecule has 0 saturated heterocycles. The van der Waals surface area contributed by atoms with Gasteiger partial charge in [-0.3, -0.25) is 0 Å². The van der Waals surface area contributed by atoms with Gasteiger partial charge in [-0.05, 0) is 24.6 Å². The Bertz CT molecular complexity index is 307. The van der Waals surface area contributed by atoms with Gasteiger partial charge >= 0.3 is 5.97 Å². The zero-order valence-corrected chi connectivity index (χ0v) is 6.93. The van der Waals surface area contributed by atoms with E-state index in [1.807, 2.05) is 0 Å². The van der Waals surface area contributed by atoms with Gasteiger partial charge in [0, 0.05) is 0 Å². The highest BCUT2D eigenvalue weighted by molar-refractivity contribution is 5.89. The molecule has 0 amide bonds. The van der Waals surface area contributed by atoms with Gasteiger partial charge in [0.15, 0.2) is 0 Å². The predicted molar refractivity (Wildman–Crippen MR) is 42.5 cm³/mol. The topological polar surface area (TPSA) is 26.3 Å². The highest BCUT2D eigenvalue weighted by atomic mass is 18.2. The molecule has 0 unspecified atom stereocenters. The minimum atomic E-state index is -0.520. The largest absolute Gasteiger partial charge is 0.465 e. The molecule has 64 valence electrons. The van der Waals surface area contributed by atoms with Gasteiger partial charge in [-0.2, -0.15) is 0 Å². The summed E-state index contributed by atoms with van der Waals surface area (Å²) >= 11 is 0. The van der Waals surface area contributed by atoms with Gasteiger partial charge < -0.3 is 4.74 Å². The monoisotopic (exact) mass is 167 g/mol. The minimum Gasteiger partial charge on any atom is -0.465 e. The maximum Gasteiger partial charge on any atom is 0.337 e. The molecule has 3 heteroatoms. The van der Waals surface area contributed by atoms with E-state index in [1.54, 1.807) is 13.0 Å². The van der Waals surface area contributed by atoms with Gasteiger partial charge in [0.25, 0.3) is 0 Å². The molecule has 0 radical (unpaired) electrons. The second-order valence-electron chi connectivity index (χ2n) is 2.46. The van der Waals surface area contributed by atoms with Crippen LogP contribution in [0.5, 0.6) is 0 Å². The third-order valence-electron chi connectivity index (χ3n) is 1.59. The van der Waals surface area contributed by atoms with Crippen molar-refractivity contribution >= 4 is 5.97 Å². The van der Waals surface area contributed by atoms with Gasteiger partial charge in [0.1, 0.15) is 5.82 Å². The second kappa shape index (κ2) is 3.34. The lowest BCUT2D eigenvalue weighted by Gasteiger charge is -2.00. The molecule has 1 rings (SSSR count). The fourth-order valence-electron chi connectivity index (χ4n) is 0.838. The standard InChI is InChI=1S/C9H9FO2/c1-6-3-4-7(5-8(6)10)9(11)12-2/h3-5H,1-2H3/i10-1. The molecule has 0 fully saturated rings. The number of methoxy groups -OCH3 is 1. The summed E-state index contributed by atoms with van der Waals surface area (Å²) in [5, 5.41) is 0. The molecule has 0 heterocycles. The number of aryl methyl sites for hydroxylation is 1. The van der Waals surface area contributed by atoms with Crippen LogP contribution in [0.4, 0.5) is 4.39 Å². The molecule has 1 aromatic carbocycles. The predicted octanol–water partition coefficient (Wildman–Crippen LogP) is 1.92.